The van der Waals surface area contributed by atoms with E-state index in [-0.39, 0.29) is 11.9 Å². The molecular weight excluding hydrogens is 396 g/mol. The summed E-state index contributed by atoms with van der Waals surface area (Å²) in [5.74, 6) is 0.869. The highest BCUT2D eigenvalue weighted by molar-refractivity contribution is 7.12. The second-order valence-electron chi connectivity index (χ2n) is 7.13. The topological polar surface area (TPSA) is 69.0 Å². The fourth-order valence-electron chi connectivity index (χ4n) is 2.84. The fraction of sp³-hybridized carbons (Fsp3) is 0.174. The molecule has 2 heterocycles. The summed E-state index contributed by atoms with van der Waals surface area (Å²) in [6, 6.07) is 18.0. The molecule has 1 amide bonds. The fourth-order valence-corrected chi connectivity index (χ4v) is 3.64. The number of benzene rings is 2. The smallest absolute Gasteiger partial charge is 0.268 e. The van der Waals surface area contributed by atoms with Gasteiger partial charge in [-0.25, -0.2) is 9.67 Å². The maximum absolute atomic E-state index is 12.5. The molecule has 1 N–H and O–H groups in total. The summed E-state index contributed by atoms with van der Waals surface area (Å²) in [5, 5.41) is 9.01. The molecule has 0 aliphatic carbocycles. The number of aromatic nitrogens is 3. The Bertz CT molecular complexity index is 1130. The van der Waals surface area contributed by atoms with Crippen molar-refractivity contribution in [1.29, 1.82) is 0 Å². The van der Waals surface area contributed by atoms with E-state index in [1.165, 1.54) is 22.5 Å². The average molecular weight is 419 g/mol. The van der Waals surface area contributed by atoms with E-state index in [1.807, 2.05) is 42.6 Å². The van der Waals surface area contributed by atoms with E-state index in [0.717, 1.165) is 16.9 Å². The molecule has 152 valence electrons. The zero-order valence-electron chi connectivity index (χ0n) is 16.8. The molecule has 0 saturated carbocycles. The molecule has 0 unspecified atom stereocenters. The molecule has 4 aromatic rings. The van der Waals surface area contributed by atoms with Crippen LogP contribution in [0.5, 0.6) is 5.75 Å². The van der Waals surface area contributed by atoms with Crippen LogP contribution >= 0.6 is 11.3 Å². The van der Waals surface area contributed by atoms with Gasteiger partial charge in [0.15, 0.2) is 0 Å². The number of rotatable bonds is 7. The number of carbonyl (C=O) groups is 1. The molecule has 7 heteroatoms. The van der Waals surface area contributed by atoms with E-state index in [4.69, 9.17) is 4.74 Å². The zero-order chi connectivity index (χ0) is 20.9. The Morgan fingerprint density at radius 2 is 1.73 bits per heavy atom. The van der Waals surface area contributed by atoms with Crippen molar-refractivity contribution in [3.05, 3.63) is 93.4 Å². The monoisotopic (exact) mass is 418 g/mol. The molecule has 0 aliphatic rings. The van der Waals surface area contributed by atoms with Crippen LogP contribution in [0, 0.1) is 13.8 Å². The summed E-state index contributed by atoms with van der Waals surface area (Å²) < 4.78 is 7.48. The second-order valence-corrected chi connectivity index (χ2v) is 8.04. The Labute approximate surface area is 179 Å². The predicted molar refractivity (Wildman–Crippen MR) is 118 cm³/mol. The van der Waals surface area contributed by atoms with E-state index in [0.29, 0.717) is 18.0 Å². The van der Waals surface area contributed by atoms with Crippen LogP contribution in [0.25, 0.3) is 0 Å². The van der Waals surface area contributed by atoms with Gasteiger partial charge < -0.3 is 4.74 Å². The van der Waals surface area contributed by atoms with Crippen LogP contribution in [0.15, 0.2) is 66.3 Å². The molecule has 0 atom stereocenters. The summed E-state index contributed by atoms with van der Waals surface area (Å²) in [7, 11) is 0. The molecule has 4 rings (SSSR count). The largest absolute Gasteiger partial charge is 0.489 e. The highest BCUT2D eigenvalue weighted by Crippen LogP contribution is 2.19. The molecule has 2 aromatic heterocycles. The van der Waals surface area contributed by atoms with Gasteiger partial charge >= 0.3 is 0 Å². The molecule has 6 nitrogen and oxygen atoms in total. The Hall–Kier alpha value is -3.45. The normalized spacial score (nSPS) is 10.7. The lowest BCUT2D eigenvalue weighted by Gasteiger charge is -2.04. The van der Waals surface area contributed by atoms with Gasteiger partial charge in [0, 0.05) is 5.56 Å². The number of anilines is 1. The van der Waals surface area contributed by atoms with Crippen LogP contribution in [0.1, 0.15) is 31.9 Å². The van der Waals surface area contributed by atoms with Gasteiger partial charge in [0.25, 0.3) is 5.91 Å². The number of nitrogens with zero attached hydrogens (tertiary/aromatic N) is 3. The van der Waals surface area contributed by atoms with Crippen molar-refractivity contribution in [2.75, 3.05) is 5.32 Å². The van der Waals surface area contributed by atoms with Crippen LogP contribution < -0.4 is 10.1 Å². The van der Waals surface area contributed by atoms with Crippen molar-refractivity contribution in [2.45, 2.75) is 27.0 Å². The number of hydrogen-bond acceptors (Lipinski definition) is 5. The van der Waals surface area contributed by atoms with Gasteiger partial charge in [-0.1, -0.05) is 47.5 Å². The third-order valence-electron chi connectivity index (χ3n) is 4.53. The maximum Gasteiger partial charge on any atom is 0.268 e. The molecular formula is C23H22N4O2S. The lowest BCUT2D eigenvalue weighted by molar-refractivity contribution is 0.102. The van der Waals surface area contributed by atoms with Crippen molar-refractivity contribution >= 4 is 23.2 Å². The molecule has 0 bridgehead atoms. The molecule has 30 heavy (non-hydrogen) atoms. The Balaban J connectivity index is 1.32. The first-order chi connectivity index (χ1) is 14.5. The van der Waals surface area contributed by atoms with Crippen molar-refractivity contribution in [3.63, 3.8) is 0 Å². The number of ether oxygens (including phenoxy) is 1. The molecule has 2 aromatic carbocycles. The van der Waals surface area contributed by atoms with Crippen LogP contribution in [0.4, 0.5) is 5.95 Å². The highest BCUT2D eigenvalue weighted by atomic mass is 32.1. The van der Waals surface area contributed by atoms with Gasteiger partial charge in [-0.3, -0.25) is 10.1 Å². The Morgan fingerprint density at radius 3 is 2.47 bits per heavy atom. The minimum atomic E-state index is -0.227. The number of hydrogen-bond donors (Lipinski definition) is 1. The van der Waals surface area contributed by atoms with Gasteiger partial charge in [-0.15, -0.1) is 16.4 Å². The molecule has 0 fully saturated rings. The standard InChI is InChI=1S/C23H22N4O2S/c1-16-3-7-18(8-4-16)12-27-15-24-23(26-27)25-22(28)21-11-19(14-30-21)13-29-20-9-5-17(2)6-10-20/h3-11,14-15H,12-13H2,1-2H3,(H,25,26,28). The SMILES string of the molecule is Cc1ccc(Cn2cnc(NC(=O)c3cc(COc4ccc(C)cc4)cs3)n2)cc1. The van der Waals surface area contributed by atoms with E-state index in [1.54, 1.807) is 11.0 Å². The first kappa shape index (κ1) is 19.8. The second kappa shape index (κ2) is 8.92. The Morgan fingerprint density at radius 1 is 1.03 bits per heavy atom. The summed E-state index contributed by atoms with van der Waals surface area (Å²) in [6.07, 6.45) is 1.62. The van der Waals surface area contributed by atoms with Crippen LogP contribution in [-0.4, -0.2) is 20.7 Å². The van der Waals surface area contributed by atoms with E-state index in [2.05, 4.69) is 46.6 Å². The van der Waals surface area contributed by atoms with Gasteiger partial charge in [0.1, 0.15) is 18.7 Å². The molecule has 0 spiro atoms. The minimum Gasteiger partial charge on any atom is -0.489 e. The van der Waals surface area contributed by atoms with Crippen LogP contribution in [-0.2, 0) is 13.2 Å². The maximum atomic E-state index is 12.5. The average Bonchev–Trinajstić information content (AvgIpc) is 3.39. The number of carbonyl (C=O) groups excluding carboxylic acids is 1. The number of amides is 1. The minimum absolute atomic E-state index is 0.227. The first-order valence-corrected chi connectivity index (χ1v) is 10.5. The van der Waals surface area contributed by atoms with Crippen molar-refractivity contribution in [1.82, 2.24) is 14.8 Å². The lowest BCUT2D eigenvalue weighted by Crippen LogP contribution is -2.12. The first-order valence-electron chi connectivity index (χ1n) is 9.58. The van der Waals surface area contributed by atoms with Gasteiger partial charge in [0.2, 0.25) is 5.95 Å². The number of nitrogens with one attached hydrogen (secondary N) is 1. The summed E-state index contributed by atoms with van der Waals surface area (Å²) in [4.78, 5) is 17.3. The third kappa shape index (κ3) is 5.12. The summed E-state index contributed by atoms with van der Waals surface area (Å²) in [6.45, 7) is 5.10. The van der Waals surface area contributed by atoms with Gasteiger partial charge in [-0.05, 0) is 43.0 Å². The lowest BCUT2D eigenvalue weighted by atomic mass is 10.1. The molecule has 0 radical (unpaired) electrons. The number of aryl methyl sites for hydroxylation is 2. The summed E-state index contributed by atoms with van der Waals surface area (Å²) >= 11 is 1.37. The quantitative estimate of drug-likeness (QED) is 0.466. The summed E-state index contributed by atoms with van der Waals surface area (Å²) in [5.41, 5.74) is 4.47. The van der Waals surface area contributed by atoms with E-state index < -0.39 is 0 Å². The van der Waals surface area contributed by atoms with Gasteiger partial charge in [-0.2, -0.15) is 0 Å². The Kier molecular flexibility index (Phi) is 5.90. The van der Waals surface area contributed by atoms with Crippen molar-refractivity contribution in [2.24, 2.45) is 0 Å². The number of thiophene rings is 1. The zero-order valence-corrected chi connectivity index (χ0v) is 17.6. The van der Waals surface area contributed by atoms with Crippen molar-refractivity contribution in [3.8, 4) is 5.75 Å². The van der Waals surface area contributed by atoms with Gasteiger partial charge in [0.05, 0.1) is 11.4 Å². The van der Waals surface area contributed by atoms with E-state index in [9.17, 15) is 4.79 Å². The van der Waals surface area contributed by atoms with E-state index >= 15 is 0 Å². The highest BCUT2D eigenvalue weighted by Gasteiger charge is 2.12. The van der Waals surface area contributed by atoms with Crippen LogP contribution in [0.3, 0.4) is 0 Å². The van der Waals surface area contributed by atoms with Crippen LogP contribution in [0.2, 0.25) is 0 Å². The molecule has 0 saturated heterocycles. The third-order valence-corrected chi connectivity index (χ3v) is 5.51. The molecule has 0 aliphatic heterocycles. The van der Waals surface area contributed by atoms with Crippen molar-refractivity contribution < 1.29 is 9.53 Å². The predicted octanol–water partition coefficient (Wildman–Crippen LogP) is 4.84.